The summed E-state index contributed by atoms with van der Waals surface area (Å²) in [6.07, 6.45) is 0.944. The second-order valence-corrected chi connectivity index (χ2v) is 5.00. The van der Waals surface area contributed by atoms with Crippen molar-refractivity contribution in [1.82, 2.24) is 0 Å². The summed E-state index contributed by atoms with van der Waals surface area (Å²) < 4.78 is 5.66. The molecule has 0 amide bonds. The smallest absolute Gasteiger partial charge is 0.122 e. The van der Waals surface area contributed by atoms with E-state index in [9.17, 15) is 0 Å². The van der Waals surface area contributed by atoms with E-state index in [-0.39, 0.29) is 0 Å². The Morgan fingerprint density at radius 2 is 1.83 bits per heavy atom. The van der Waals surface area contributed by atoms with Crippen molar-refractivity contribution in [2.75, 3.05) is 19.7 Å². The average Bonchev–Trinajstić information content (AvgIpc) is 2.37. The van der Waals surface area contributed by atoms with Crippen LogP contribution >= 0.6 is 0 Å². The Labute approximate surface area is 111 Å². The predicted octanol–water partition coefficient (Wildman–Crippen LogP) is 2.28. The van der Waals surface area contributed by atoms with Gasteiger partial charge < -0.3 is 16.2 Å². The first kappa shape index (κ1) is 15.0. The summed E-state index contributed by atoms with van der Waals surface area (Å²) in [5, 5.41) is 0. The maximum Gasteiger partial charge on any atom is 0.122 e. The molecule has 1 aromatic rings. The molecule has 4 N–H and O–H groups in total. The van der Waals surface area contributed by atoms with E-state index in [1.807, 2.05) is 6.92 Å². The molecule has 0 heterocycles. The van der Waals surface area contributed by atoms with Crippen molar-refractivity contribution in [3.8, 4) is 5.75 Å². The Bertz CT molecular complexity index is 360. The summed E-state index contributed by atoms with van der Waals surface area (Å²) in [6.45, 7) is 8.36. The molecule has 0 unspecified atom stereocenters. The lowest BCUT2D eigenvalue weighted by atomic mass is 9.94. The van der Waals surface area contributed by atoms with Gasteiger partial charge in [-0.1, -0.05) is 26.0 Å². The maximum absolute atomic E-state index is 5.70. The highest BCUT2D eigenvalue weighted by atomic mass is 16.5. The van der Waals surface area contributed by atoms with Crippen molar-refractivity contribution in [2.45, 2.75) is 33.1 Å². The molecule has 0 spiro atoms. The van der Waals surface area contributed by atoms with Crippen LogP contribution in [0.2, 0.25) is 0 Å². The Balaban J connectivity index is 2.92. The summed E-state index contributed by atoms with van der Waals surface area (Å²) in [5.41, 5.74) is 14.0. The van der Waals surface area contributed by atoms with E-state index < -0.39 is 0 Å². The molecule has 0 fully saturated rings. The van der Waals surface area contributed by atoms with Crippen LogP contribution in [0.4, 0.5) is 0 Å². The fourth-order valence-corrected chi connectivity index (χ4v) is 2.06. The van der Waals surface area contributed by atoms with Crippen molar-refractivity contribution in [1.29, 1.82) is 0 Å². The highest BCUT2D eigenvalue weighted by molar-refractivity contribution is 5.39. The summed E-state index contributed by atoms with van der Waals surface area (Å²) in [7, 11) is 0. The summed E-state index contributed by atoms with van der Waals surface area (Å²) in [4.78, 5) is 0. The zero-order valence-electron chi connectivity index (χ0n) is 11.8. The molecule has 3 nitrogen and oxygen atoms in total. The van der Waals surface area contributed by atoms with Crippen LogP contribution in [0.1, 0.15) is 37.8 Å². The van der Waals surface area contributed by atoms with E-state index in [0.29, 0.717) is 31.5 Å². The minimum atomic E-state index is 0.364. The number of nitrogens with two attached hydrogens (primary N) is 2. The Kier molecular flexibility index (Phi) is 6.16. The Morgan fingerprint density at radius 3 is 2.33 bits per heavy atom. The molecule has 0 aliphatic heterocycles. The molecule has 0 saturated heterocycles. The average molecular weight is 250 g/mol. The molecule has 0 aliphatic carbocycles. The van der Waals surface area contributed by atoms with E-state index in [0.717, 1.165) is 12.2 Å². The van der Waals surface area contributed by atoms with Gasteiger partial charge in [0.05, 0.1) is 6.61 Å². The van der Waals surface area contributed by atoms with Gasteiger partial charge in [0.2, 0.25) is 0 Å². The van der Waals surface area contributed by atoms with E-state index >= 15 is 0 Å². The van der Waals surface area contributed by atoms with Crippen LogP contribution in [0.5, 0.6) is 5.75 Å². The zero-order chi connectivity index (χ0) is 13.5. The van der Waals surface area contributed by atoms with Crippen LogP contribution in [-0.4, -0.2) is 19.7 Å². The van der Waals surface area contributed by atoms with Gasteiger partial charge in [-0.25, -0.2) is 0 Å². The molecule has 18 heavy (non-hydrogen) atoms. The topological polar surface area (TPSA) is 61.3 Å². The molecule has 1 aromatic carbocycles. The van der Waals surface area contributed by atoms with Crippen molar-refractivity contribution in [3.05, 3.63) is 29.3 Å². The SMILES string of the molecule is CCOc1ccc(CC(CN)CN)cc1C(C)C. The van der Waals surface area contributed by atoms with E-state index in [4.69, 9.17) is 16.2 Å². The van der Waals surface area contributed by atoms with Crippen LogP contribution in [0.3, 0.4) is 0 Å². The number of ether oxygens (including phenoxy) is 1. The lowest BCUT2D eigenvalue weighted by Crippen LogP contribution is -2.25. The highest BCUT2D eigenvalue weighted by Gasteiger charge is 2.11. The van der Waals surface area contributed by atoms with Gasteiger partial charge in [0.15, 0.2) is 0 Å². The van der Waals surface area contributed by atoms with E-state index in [1.54, 1.807) is 0 Å². The molecular weight excluding hydrogens is 224 g/mol. The third kappa shape index (κ3) is 4.00. The lowest BCUT2D eigenvalue weighted by Gasteiger charge is -2.17. The molecule has 0 saturated carbocycles. The van der Waals surface area contributed by atoms with Gasteiger partial charge in [0.1, 0.15) is 5.75 Å². The first-order chi connectivity index (χ1) is 8.62. The van der Waals surface area contributed by atoms with Crippen LogP contribution in [0.25, 0.3) is 0 Å². The number of rotatable bonds is 7. The van der Waals surface area contributed by atoms with Gasteiger partial charge in [-0.2, -0.15) is 0 Å². The number of hydrogen-bond donors (Lipinski definition) is 2. The Morgan fingerprint density at radius 1 is 1.17 bits per heavy atom. The first-order valence-corrected chi connectivity index (χ1v) is 6.78. The Hall–Kier alpha value is -1.06. The van der Waals surface area contributed by atoms with Gasteiger partial charge in [0.25, 0.3) is 0 Å². The fraction of sp³-hybridized carbons (Fsp3) is 0.600. The van der Waals surface area contributed by atoms with Crippen LogP contribution in [-0.2, 0) is 6.42 Å². The van der Waals surface area contributed by atoms with Gasteiger partial charge >= 0.3 is 0 Å². The monoisotopic (exact) mass is 250 g/mol. The minimum absolute atomic E-state index is 0.364. The molecule has 0 aromatic heterocycles. The number of benzene rings is 1. The van der Waals surface area contributed by atoms with Gasteiger partial charge in [-0.05, 0) is 55.5 Å². The number of hydrogen-bond acceptors (Lipinski definition) is 3. The maximum atomic E-state index is 5.70. The zero-order valence-corrected chi connectivity index (χ0v) is 11.8. The molecule has 0 bridgehead atoms. The molecule has 3 heteroatoms. The van der Waals surface area contributed by atoms with Crippen molar-refractivity contribution >= 4 is 0 Å². The molecular formula is C15H26N2O. The minimum Gasteiger partial charge on any atom is -0.494 e. The van der Waals surface area contributed by atoms with Crippen molar-refractivity contribution in [2.24, 2.45) is 17.4 Å². The first-order valence-electron chi connectivity index (χ1n) is 6.78. The summed E-state index contributed by atoms with van der Waals surface area (Å²) in [5.74, 6) is 1.82. The molecule has 0 aliphatic rings. The summed E-state index contributed by atoms with van der Waals surface area (Å²) in [6, 6.07) is 6.42. The molecule has 102 valence electrons. The van der Waals surface area contributed by atoms with E-state index in [1.165, 1.54) is 11.1 Å². The van der Waals surface area contributed by atoms with E-state index in [2.05, 4.69) is 32.0 Å². The standard InChI is InChI=1S/C15H26N2O/c1-4-18-15-6-5-12(7-13(9-16)10-17)8-14(15)11(2)3/h5-6,8,11,13H,4,7,9-10,16-17H2,1-3H3. The normalized spacial score (nSPS) is 11.3. The predicted molar refractivity (Wildman–Crippen MR) is 77.0 cm³/mol. The van der Waals surface area contributed by atoms with Crippen molar-refractivity contribution in [3.63, 3.8) is 0 Å². The second kappa shape index (κ2) is 7.39. The second-order valence-electron chi connectivity index (χ2n) is 5.00. The quantitative estimate of drug-likeness (QED) is 0.780. The van der Waals surface area contributed by atoms with Crippen molar-refractivity contribution < 1.29 is 4.74 Å². The molecule has 0 atom stereocenters. The lowest BCUT2D eigenvalue weighted by molar-refractivity contribution is 0.335. The van der Waals surface area contributed by atoms with Gasteiger partial charge in [-0.15, -0.1) is 0 Å². The molecule has 1 rings (SSSR count). The highest BCUT2D eigenvalue weighted by Crippen LogP contribution is 2.28. The third-order valence-corrected chi connectivity index (χ3v) is 3.19. The van der Waals surface area contributed by atoms with Crippen LogP contribution < -0.4 is 16.2 Å². The van der Waals surface area contributed by atoms with Crippen LogP contribution in [0.15, 0.2) is 18.2 Å². The largest absolute Gasteiger partial charge is 0.494 e. The summed E-state index contributed by atoms with van der Waals surface area (Å²) >= 11 is 0. The fourth-order valence-electron chi connectivity index (χ4n) is 2.06. The van der Waals surface area contributed by atoms with Crippen LogP contribution in [0, 0.1) is 5.92 Å². The van der Waals surface area contributed by atoms with Gasteiger partial charge in [0, 0.05) is 0 Å². The van der Waals surface area contributed by atoms with Gasteiger partial charge in [-0.3, -0.25) is 0 Å². The third-order valence-electron chi connectivity index (χ3n) is 3.19. The molecule has 0 radical (unpaired) electrons.